The molecule has 1 N–H and O–H groups in total. The third-order valence-corrected chi connectivity index (χ3v) is 8.62. The van der Waals surface area contributed by atoms with Gasteiger partial charge in [0.1, 0.15) is 0 Å². The summed E-state index contributed by atoms with van der Waals surface area (Å²) in [4.78, 5) is 10.6. The molecule has 0 saturated heterocycles. The summed E-state index contributed by atoms with van der Waals surface area (Å²) >= 11 is 12.5. The molecule has 3 aliphatic rings. The number of rotatable bonds is 7. The van der Waals surface area contributed by atoms with Crippen molar-refractivity contribution in [3.05, 3.63) is 99.8 Å². The molecule has 3 aromatic rings. The number of hydrogen-bond donors (Lipinski definition) is 1. The highest BCUT2D eigenvalue weighted by molar-refractivity contribution is 6.30. The molecule has 0 spiro atoms. The summed E-state index contributed by atoms with van der Waals surface area (Å²) in [5, 5.41) is 5.92. The molecule has 0 unspecified atom stereocenters. The summed E-state index contributed by atoms with van der Waals surface area (Å²) in [5.74, 6) is 0. The first-order valence-corrected chi connectivity index (χ1v) is 15.7. The normalized spacial score (nSPS) is 15.2. The van der Waals surface area contributed by atoms with E-state index in [0.29, 0.717) is 10.0 Å². The topological polar surface area (TPSA) is 60.7 Å². The lowest BCUT2D eigenvalue weighted by atomic mass is 9.97. The lowest BCUT2D eigenvalue weighted by Gasteiger charge is -2.22. The summed E-state index contributed by atoms with van der Waals surface area (Å²) in [5.41, 5.74) is 7.30. The van der Waals surface area contributed by atoms with E-state index in [4.69, 9.17) is 42.7 Å². The van der Waals surface area contributed by atoms with Crippen LogP contribution in [0.5, 0.6) is 0 Å². The van der Waals surface area contributed by atoms with Crippen LogP contribution < -0.4 is 10.7 Å². The highest BCUT2D eigenvalue weighted by Crippen LogP contribution is 2.33. The Bertz CT molecular complexity index is 1720. The zero-order chi connectivity index (χ0) is 29.8. The summed E-state index contributed by atoms with van der Waals surface area (Å²) in [6.07, 6.45) is 8.03. The van der Waals surface area contributed by atoms with Crippen LogP contribution in [0.15, 0.2) is 83.9 Å². The second-order valence-electron chi connectivity index (χ2n) is 11.1. The number of fused-ring (bicyclic) bond motifs is 2. The van der Waals surface area contributed by atoms with Crippen molar-refractivity contribution < 1.29 is 9.47 Å². The predicted molar refractivity (Wildman–Crippen MR) is 176 cm³/mol. The fourth-order valence-electron chi connectivity index (χ4n) is 5.95. The third kappa shape index (κ3) is 6.73. The molecule has 0 aromatic heterocycles. The Hall–Kier alpha value is -3.42. The van der Waals surface area contributed by atoms with Gasteiger partial charge in [0.2, 0.25) is 0 Å². The molecule has 1 heterocycles. The fourth-order valence-corrected chi connectivity index (χ4v) is 6.20. The van der Waals surface area contributed by atoms with E-state index in [9.17, 15) is 0 Å². The SMILES string of the molecule is COC(OC)c1ccc2c(c1)nc1cc(Nc3ccc(Cl)cc3)c(=NC3CCCCCCC3)cc-1n2-c1ccc(Cl)cc1. The lowest BCUT2D eigenvalue weighted by Crippen LogP contribution is -2.19. The average Bonchev–Trinajstić information content (AvgIpc) is 3.00. The van der Waals surface area contributed by atoms with Crippen LogP contribution in [0.3, 0.4) is 0 Å². The second-order valence-corrected chi connectivity index (χ2v) is 12.0. The van der Waals surface area contributed by atoms with Gasteiger partial charge in [0.25, 0.3) is 0 Å². The van der Waals surface area contributed by atoms with Gasteiger partial charge in [-0.05, 0) is 85.6 Å². The first-order valence-electron chi connectivity index (χ1n) is 14.9. The van der Waals surface area contributed by atoms with Crippen molar-refractivity contribution >= 4 is 45.6 Å². The van der Waals surface area contributed by atoms with Gasteiger partial charge >= 0.3 is 0 Å². The predicted octanol–water partition coefficient (Wildman–Crippen LogP) is 9.49. The van der Waals surface area contributed by atoms with Crippen LogP contribution in [-0.2, 0) is 9.47 Å². The molecule has 6 rings (SSSR count). The number of anilines is 2. The van der Waals surface area contributed by atoms with Gasteiger partial charge in [-0.3, -0.25) is 4.99 Å². The van der Waals surface area contributed by atoms with Crippen molar-refractivity contribution in [2.45, 2.75) is 57.3 Å². The smallest absolute Gasteiger partial charge is 0.183 e. The molecule has 1 aliphatic heterocycles. The van der Waals surface area contributed by atoms with Gasteiger partial charge in [-0.1, -0.05) is 61.4 Å². The molecule has 222 valence electrons. The average molecular weight is 616 g/mol. The van der Waals surface area contributed by atoms with Gasteiger partial charge in [-0.2, -0.15) is 0 Å². The standard InChI is InChI=1S/C35H36Cl2N4O2/c1-42-35(43-2)23-10-19-33-31(20-23)40-32-21-29(39-27-15-11-24(36)12-16-27)30(38-26-8-6-4-3-5-7-9-26)22-34(32)41(33)28-17-13-25(37)14-18-28/h10-22,26,35,39H,3-9H2,1-2H3. The summed E-state index contributed by atoms with van der Waals surface area (Å²) in [7, 11) is 3.27. The number of aromatic nitrogens is 2. The molecule has 1 fully saturated rings. The Morgan fingerprint density at radius 1 is 0.814 bits per heavy atom. The van der Waals surface area contributed by atoms with E-state index >= 15 is 0 Å². The molecular formula is C35H36Cl2N4O2. The second kappa shape index (κ2) is 13.5. The van der Waals surface area contributed by atoms with E-state index in [2.05, 4.69) is 28.1 Å². The van der Waals surface area contributed by atoms with Crippen LogP contribution in [0.2, 0.25) is 10.0 Å². The molecule has 43 heavy (non-hydrogen) atoms. The number of methoxy groups -OCH3 is 2. The lowest BCUT2D eigenvalue weighted by molar-refractivity contribution is -0.105. The van der Waals surface area contributed by atoms with Gasteiger partial charge in [0, 0.05) is 41.2 Å². The molecule has 0 amide bonds. The number of halogens is 2. The molecule has 2 aliphatic carbocycles. The molecule has 0 bridgehead atoms. The quantitative estimate of drug-likeness (QED) is 0.146. The monoisotopic (exact) mass is 614 g/mol. The molecule has 1 saturated carbocycles. The summed E-state index contributed by atoms with van der Waals surface area (Å²) < 4.78 is 13.3. The molecule has 6 nitrogen and oxygen atoms in total. The van der Waals surface area contributed by atoms with E-state index < -0.39 is 6.29 Å². The minimum absolute atomic E-state index is 0.281. The van der Waals surface area contributed by atoms with Gasteiger partial charge in [-0.15, -0.1) is 0 Å². The fraction of sp³-hybridized carbons (Fsp3) is 0.314. The summed E-state index contributed by atoms with van der Waals surface area (Å²) in [6.45, 7) is 0. The van der Waals surface area contributed by atoms with Crippen LogP contribution in [0, 0.1) is 0 Å². The zero-order valence-electron chi connectivity index (χ0n) is 24.5. The van der Waals surface area contributed by atoms with Gasteiger partial charge in [-0.25, -0.2) is 4.98 Å². The van der Waals surface area contributed by atoms with Gasteiger partial charge < -0.3 is 19.4 Å². The Kier molecular flexibility index (Phi) is 9.29. The number of nitrogens with one attached hydrogen (secondary N) is 1. The molecule has 3 aromatic carbocycles. The number of ether oxygens (including phenoxy) is 2. The molecular weight excluding hydrogens is 579 g/mol. The van der Waals surface area contributed by atoms with Crippen molar-refractivity contribution in [2.24, 2.45) is 4.99 Å². The number of nitrogens with zero attached hydrogens (tertiary/aromatic N) is 3. The minimum atomic E-state index is -0.488. The van der Waals surface area contributed by atoms with E-state index in [0.717, 1.165) is 63.2 Å². The van der Waals surface area contributed by atoms with Crippen LogP contribution in [0.1, 0.15) is 56.8 Å². The van der Waals surface area contributed by atoms with Gasteiger partial charge in [0.15, 0.2) is 6.29 Å². The van der Waals surface area contributed by atoms with Crippen LogP contribution in [0.4, 0.5) is 11.4 Å². The third-order valence-electron chi connectivity index (χ3n) is 8.12. The number of benzene rings is 4. The first kappa shape index (κ1) is 29.6. The molecule has 8 heteroatoms. The molecule has 0 atom stereocenters. The maximum absolute atomic E-state index is 6.31. The Morgan fingerprint density at radius 3 is 2.14 bits per heavy atom. The Labute approximate surface area is 262 Å². The Balaban J connectivity index is 1.60. The van der Waals surface area contributed by atoms with Gasteiger partial charge in [0.05, 0.1) is 39.5 Å². The maximum Gasteiger partial charge on any atom is 0.183 e. The first-order chi connectivity index (χ1) is 21.0. The van der Waals surface area contributed by atoms with E-state index in [1.54, 1.807) is 14.2 Å². The maximum atomic E-state index is 6.31. The summed E-state index contributed by atoms with van der Waals surface area (Å²) in [6, 6.07) is 26.3. The van der Waals surface area contributed by atoms with E-state index in [-0.39, 0.29) is 6.04 Å². The zero-order valence-corrected chi connectivity index (χ0v) is 26.0. The van der Waals surface area contributed by atoms with Crippen molar-refractivity contribution in [3.63, 3.8) is 0 Å². The van der Waals surface area contributed by atoms with Crippen LogP contribution in [0.25, 0.3) is 28.1 Å². The molecule has 0 radical (unpaired) electrons. The highest BCUT2D eigenvalue weighted by atomic mass is 35.5. The van der Waals surface area contributed by atoms with Crippen molar-refractivity contribution in [3.8, 4) is 17.1 Å². The van der Waals surface area contributed by atoms with Crippen LogP contribution >= 0.6 is 23.2 Å². The van der Waals surface area contributed by atoms with Crippen molar-refractivity contribution in [2.75, 3.05) is 19.5 Å². The van der Waals surface area contributed by atoms with Crippen LogP contribution in [-0.4, -0.2) is 29.8 Å². The van der Waals surface area contributed by atoms with E-state index in [1.807, 2.05) is 60.7 Å². The van der Waals surface area contributed by atoms with Crippen molar-refractivity contribution in [1.82, 2.24) is 9.55 Å². The highest BCUT2D eigenvalue weighted by Gasteiger charge is 2.20. The largest absolute Gasteiger partial charge is 0.354 e. The van der Waals surface area contributed by atoms with Crippen molar-refractivity contribution in [1.29, 1.82) is 0 Å². The van der Waals surface area contributed by atoms with E-state index in [1.165, 1.54) is 32.1 Å². The minimum Gasteiger partial charge on any atom is -0.354 e. The Morgan fingerprint density at radius 2 is 1.47 bits per heavy atom. The number of hydrogen-bond acceptors (Lipinski definition) is 5.